The van der Waals surface area contributed by atoms with Crippen LogP contribution in [0.25, 0.3) is 11.0 Å². The molecule has 0 aliphatic rings. The highest BCUT2D eigenvalue weighted by Crippen LogP contribution is 2.33. The van der Waals surface area contributed by atoms with E-state index >= 15 is 0 Å². The van der Waals surface area contributed by atoms with Gasteiger partial charge in [-0.25, -0.2) is 4.79 Å². The summed E-state index contributed by atoms with van der Waals surface area (Å²) in [4.78, 5) is 23.9. The van der Waals surface area contributed by atoms with Crippen molar-refractivity contribution in [2.45, 2.75) is 0 Å². The first-order valence-electron chi connectivity index (χ1n) is 7.32. The van der Waals surface area contributed by atoms with Crippen molar-refractivity contribution in [2.75, 3.05) is 19.5 Å². The Morgan fingerprint density at radius 2 is 1.72 bits per heavy atom. The number of carboxylic acid groups (broad SMARTS) is 1. The predicted octanol–water partition coefficient (Wildman–Crippen LogP) is 3.40. The first-order valence-corrected chi connectivity index (χ1v) is 7.32. The number of hydrogen-bond acceptors (Lipinski definition) is 5. The van der Waals surface area contributed by atoms with E-state index in [1.54, 1.807) is 18.2 Å². The standard InChI is InChI=1S/C18H15NO6/c1-23-14-8-11(18(21)22)12(9-15(14)24-2)19-17(20)16-7-10-5-3-4-6-13(10)25-16/h3-9H,1-2H3,(H,19,20)(H,21,22). The summed E-state index contributed by atoms with van der Waals surface area (Å²) in [6, 6.07) is 11.4. The van der Waals surface area contributed by atoms with E-state index in [9.17, 15) is 14.7 Å². The number of nitrogens with one attached hydrogen (secondary N) is 1. The Balaban J connectivity index is 1.98. The zero-order valence-electron chi connectivity index (χ0n) is 13.5. The summed E-state index contributed by atoms with van der Waals surface area (Å²) in [5.41, 5.74) is 0.524. The average molecular weight is 341 g/mol. The fourth-order valence-electron chi connectivity index (χ4n) is 2.44. The van der Waals surface area contributed by atoms with E-state index in [1.807, 2.05) is 12.1 Å². The molecule has 3 aromatic rings. The van der Waals surface area contributed by atoms with Gasteiger partial charge < -0.3 is 24.3 Å². The molecule has 0 unspecified atom stereocenters. The molecule has 0 radical (unpaired) electrons. The monoisotopic (exact) mass is 341 g/mol. The van der Waals surface area contributed by atoms with Gasteiger partial charge in [0.15, 0.2) is 17.3 Å². The Morgan fingerprint density at radius 3 is 2.36 bits per heavy atom. The zero-order chi connectivity index (χ0) is 18.0. The molecule has 128 valence electrons. The van der Waals surface area contributed by atoms with E-state index in [1.165, 1.54) is 26.4 Å². The van der Waals surface area contributed by atoms with Crippen molar-refractivity contribution in [2.24, 2.45) is 0 Å². The third-order valence-electron chi connectivity index (χ3n) is 3.65. The molecule has 0 saturated heterocycles. The molecule has 0 saturated carbocycles. The number of rotatable bonds is 5. The first-order chi connectivity index (χ1) is 12.0. The van der Waals surface area contributed by atoms with Crippen LogP contribution in [0.15, 0.2) is 46.9 Å². The first kappa shape index (κ1) is 16.4. The third kappa shape index (κ3) is 3.12. The number of carboxylic acids is 1. The summed E-state index contributed by atoms with van der Waals surface area (Å²) >= 11 is 0. The maximum atomic E-state index is 12.4. The predicted molar refractivity (Wildman–Crippen MR) is 90.7 cm³/mol. The number of fused-ring (bicyclic) bond motifs is 1. The van der Waals surface area contributed by atoms with Crippen LogP contribution in [0.4, 0.5) is 5.69 Å². The number of aromatic carboxylic acids is 1. The molecule has 7 nitrogen and oxygen atoms in total. The highest BCUT2D eigenvalue weighted by Gasteiger charge is 2.20. The summed E-state index contributed by atoms with van der Waals surface area (Å²) in [5, 5.41) is 12.7. The Labute approximate surface area is 142 Å². The molecule has 25 heavy (non-hydrogen) atoms. The second-order valence-electron chi connectivity index (χ2n) is 5.16. The molecule has 2 aromatic carbocycles. The highest BCUT2D eigenvalue weighted by molar-refractivity contribution is 6.08. The molecular formula is C18H15NO6. The Kier molecular flexibility index (Phi) is 4.30. The van der Waals surface area contributed by atoms with Crippen LogP contribution in [-0.2, 0) is 0 Å². The SMILES string of the molecule is COc1cc(NC(=O)c2cc3ccccc3o2)c(C(=O)O)cc1OC. The zero-order valence-corrected chi connectivity index (χ0v) is 13.5. The largest absolute Gasteiger partial charge is 0.493 e. The molecule has 2 N–H and O–H groups in total. The van der Waals surface area contributed by atoms with E-state index in [2.05, 4.69) is 5.32 Å². The summed E-state index contributed by atoms with van der Waals surface area (Å²) in [5.74, 6) is -1.15. The summed E-state index contributed by atoms with van der Waals surface area (Å²) in [6.45, 7) is 0. The van der Waals surface area contributed by atoms with Crippen LogP contribution in [0, 0.1) is 0 Å². The molecule has 1 amide bonds. The number of hydrogen-bond donors (Lipinski definition) is 2. The quantitative estimate of drug-likeness (QED) is 0.738. The number of benzene rings is 2. The number of ether oxygens (including phenoxy) is 2. The van der Waals surface area contributed by atoms with Crippen LogP contribution < -0.4 is 14.8 Å². The lowest BCUT2D eigenvalue weighted by Gasteiger charge is -2.13. The number of para-hydroxylation sites is 1. The molecule has 0 fully saturated rings. The van der Waals surface area contributed by atoms with Crippen molar-refractivity contribution in [3.8, 4) is 11.5 Å². The van der Waals surface area contributed by atoms with E-state index < -0.39 is 11.9 Å². The fraction of sp³-hybridized carbons (Fsp3) is 0.111. The van der Waals surface area contributed by atoms with Gasteiger partial charge in [-0.05, 0) is 12.1 Å². The van der Waals surface area contributed by atoms with Crippen LogP contribution in [0.1, 0.15) is 20.9 Å². The minimum Gasteiger partial charge on any atom is -0.493 e. The summed E-state index contributed by atoms with van der Waals surface area (Å²) in [6.07, 6.45) is 0. The number of methoxy groups -OCH3 is 2. The van der Waals surface area contributed by atoms with Crippen LogP contribution in [-0.4, -0.2) is 31.2 Å². The normalized spacial score (nSPS) is 10.5. The number of carbonyl (C=O) groups is 2. The average Bonchev–Trinajstić information content (AvgIpc) is 3.05. The Bertz CT molecular complexity index is 926. The second kappa shape index (κ2) is 6.56. The lowest BCUT2D eigenvalue weighted by molar-refractivity contribution is 0.0697. The molecule has 0 atom stereocenters. The van der Waals surface area contributed by atoms with Gasteiger partial charge >= 0.3 is 5.97 Å². The smallest absolute Gasteiger partial charge is 0.337 e. The molecule has 0 bridgehead atoms. The maximum absolute atomic E-state index is 12.4. The van der Waals surface area contributed by atoms with Crippen molar-refractivity contribution in [3.63, 3.8) is 0 Å². The highest BCUT2D eigenvalue weighted by atomic mass is 16.5. The van der Waals surface area contributed by atoms with Crippen LogP contribution in [0.3, 0.4) is 0 Å². The van der Waals surface area contributed by atoms with Gasteiger partial charge in [0.1, 0.15) is 5.58 Å². The topological polar surface area (TPSA) is 98.0 Å². The molecule has 0 aliphatic carbocycles. The Morgan fingerprint density at radius 1 is 1.04 bits per heavy atom. The van der Waals surface area contributed by atoms with Crippen molar-refractivity contribution < 1.29 is 28.6 Å². The third-order valence-corrected chi connectivity index (χ3v) is 3.65. The van der Waals surface area contributed by atoms with Crippen molar-refractivity contribution in [1.29, 1.82) is 0 Å². The van der Waals surface area contributed by atoms with E-state index in [-0.39, 0.29) is 22.8 Å². The van der Waals surface area contributed by atoms with Gasteiger partial charge in [-0.2, -0.15) is 0 Å². The van der Waals surface area contributed by atoms with E-state index in [0.717, 1.165) is 5.39 Å². The molecular weight excluding hydrogens is 326 g/mol. The summed E-state index contributed by atoms with van der Waals surface area (Å²) in [7, 11) is 2.82. The number of anilines is 1. The number of amides is 1. The number of furan rings is 1. The van der Waals surface area contributed by atoms with Gasteiger partial charge in [0, 0.05) is 17.5 Å². The van der Waals surface area contributed by atoms with Crippen molar-refractivity contribution in [1.82, 2.24) is 0 Å². The van der Waals surface area contributed by atoms with Gasteiger partial charge in [-0.1, -0.05) is 18.2 Å². The fourth-order valence-corrected chi connectivity index (χ4v) is 2.44. The lowest BCUT2D eigenvalue weighted by Crippen LogP contribution is -2.14. The minimum absolute atomic E-state index is 0.0762. The minimum atomic E-state index is -1.21. The van der Waals surface area contributed by atoms with Gasteiger partial charge in [0.05, 0.1) is 25.5 Å². The van der Waals surface area contributed by atoms with Gasteiger partial charge in [-0.15, -0.1) is 0 Å². The lowest BCUT2D eigenvalue weighted by atomic mass is 10.1. The van der Waals surface area contributed by atoms with Gasteiger partial charge in [0.2, 0.25) is 0 Å². The van der Waals surface area contributed by atoms with E-state index in [0.29, 0.717) is 11.3 Å². The molecule has 3 rings (SSSR count). The van der Waals surface area contributed by atoms with Crippen molar-refractivity contribution in [3.05, 3.63) is 53.8 Å². The van der Waals surface area contributed by atoms with Crippen molar-refractivity contribution >= 4 is 28.5 Å². The Hall–Kier alpha value is -3.48. The molecule has 0 aliphatic heterocycles. The molecule has 1 aromatic heterocycles. The molecule has 7 heteroatoms. The second-order valence-corrected chi connectivity index (χ2v) is 5.16. The molecule has 0 spiro atoms. The number of carbonyl (C=O) groups excluding carboxylic acids is 1. The molecule has 1 heterocycles. The summed E-state index contributed by atoms with van der Waals surface area (Å²) < 4.78 is 15.7. The van der Waals surface area contributed by atoms with Crippen LogP contribution in [0.2, 0.25) is 0 Å². The van der Waals surface area contributed by atoms with Crippen LogP contribution in [0.5, 0.6) is 11.5 Å². The van der Waals surface area contributed by atoms with Gasteiger partial charge in [0.25, 0.3) is 5.91 Å². The van der Waals surface area contributed by atoms with Gasteiger partial charge in [-0.3, -0.25) is 4.79 Å². The van der Waals surface area contributed by atoms with Crippen LogP contribution >= 0.6 is 0 Å². The maximum Gasteiger partial charge on any atom is 0.337 e. The van der Waals surface area contributed by atoms with E-state index in [4.69, 9.17) is 13.9 Å².